The summed E-state index contributed by atoms with van der Waals surface area (Å²) >= 11 is 0. The van der Waals surface area contributed by atoms with Crippen LogP contribution in [0.5, 0.6) is 0 Å². The summed E-state index contributed by atoms with van der Waals surface area (Å²) in [5.74, 6) is -0.104. The van der Waals surface area contributed by atoms with Crippen molar-refractivity contribution in [2.45, 2.75) is 6.54 Å². The quantitative estimate of drug-likeness (QED) is 0.745. The molecule has 0 spiro atoms. The SMILES string of the molecule is CN(CC(=O)Nc1ccc(C#N)cc1)Cc1cnn(-c2ccccc2)c1. The normalized spacial score (nSPS) is 10.5. The van der Waals surface area contributed by atoms with Gasteiger partial charge in [-0.2, -0.15) is 10.4 Å². The van der Waals surface area contributed by atoms with Gasteiger partial charge < -0.3 is 5.32 Å². The number of hydrogen-bond acceptors (Lipinski definition) is 4. The summed E-state index contributed by atoms with van der Waals surface area (Å²) in [6.45, 7) is 0.879. The van der Waals surface area contributed by atoms with E-state index in [4.69, 9.17) is 5.26 Å². The molecule has 6 heteroatoms. The summed E-state index contributed by atoms with van der Waals surface area (Å²) in [5.41, 5.74) is 3.28. The minimum Gasteiger partial charge on any atom is -0.325 e. The van der Waals surface area contributed by atoms with Crippen LogP contribution in [-0.4, -0.2) is 34.2 Å². The monoisotopic (exact) mass is 345 g/mol. The number of aromatic nitrogens is 2. The number of nitriles is 1. The van der Waals surface area contributed by atoms with Crippen molar-refractivity contribution in [1.29, 1.82) is 5.26 Å². The highest BCUT2D eigenvalue weighted by Crippen LogP contribution is 2.10. The highest BCUT2D eigenvalue weighted by molar-refractivity contribution is 5.92. The van der Waals surface area contributed by atoms with Crippen LogP contribution >= 0.6 is 0 Å². The lowest BCUT2D eigenvalue weighted by Crippen LogP contribution is -2.29. The Bertz CT molecular complexity index is 909. The molecule has 0 aliphatic carbocycles. The van der Waals surface area contributed by atoms with Crippen molar-refractivity contribution in [1.82, 2.24) is 14.7 Å². The molecular weight excluding hydrogens is 326 g/mol. The molecule has 1 heterocycles. The van der Waals surface area contributed by atoms with Crippen molar-refractivity contribution in [3.8, 4) is 11.8 Å². The van der Waals surface area contributed by atoms with Crippen molar-refractivity contribution >= 4 is 11.6 Å². The van der Waals surface area contributed by atoms with Gasteiger partial charge in [0.25, 0.3) is 0 Å². The van der Waals surface area contributed by atoms with Crippen LogP contribution in [0.25, 0.3) is 5.69 Å². The molecule has 0 aliphatic rings. The zero-order valence-electron chi connectivity index (χ0n) is 14.5. The number of carbonyl (C=O) groups excluding carboxylic acids is 1. The maximum Gasteiger partial charge on any atom is 0.238 e. The van der Waals surface area contributed by atoms with Gasteiger partial charge in [0.2, 0.25) is 5.91 Å². The van der Waals surface area contributed by atoms with Crippen molar-refractivity contribution < 1.29 is 4.79 Å². The van der Waals surface area contributed by atoms with E-state index >= 15 is 0 Å². The van der Waals surface area contributed by atoms with Gasteiger partial charge in [-0.05, 0) is 43.4 Å². The van der Waals surface area contributed by atoms with Crippen molar-refractivity contribution in [3.63, 3.8) is 0 Å². The lowest BCUT2D eigenvalue weighted by molar-refractivity contribution is -0.117. The Morgan fingerprint density at radius 3 is 2.62 bits per heavy atom. The Labute approximate surface area is 152 Å². The molecule has 0 atom stereocenters. The van der Waals surface area contributed by atoms with E-state index in [-0.39, 0.29) is 12.5 Å². The molecule has 0 radical (unpaired) electrons. The molecule has 3 aromatic rings. The minimum absolute atomic E-state index is 0.104. The lowest BCUT2D eigenvalue weighted by Gasteiger charge is -2.15. The van der Waals surface area contributed by atoms with E-state index in [9.17, 15) is 4.79 Å². The third kappa shape index (κ3) is 4.56. The average molecular weight is 345 g/mol. The summed E-state index contributed by atoms with van der Waals surface area (Å²) in [7, 11) is 1.89. The number of para-hydroxylation sites is 1. The lowest BCUT2D eigenvalue weighted by atomic mass is 10.2. The highest BCUT2D eigenvalue weighted by Gasteiger charge is 2.09. The van der Waals surface area contributed by atoms with Crippen LogP contribution in [0.3, 0.4) is 0 Å². The van der Waals surface area contributed by atoms with E-state index in [2.05, 4.69) is 16.5 Å². The van der Waals surface area contributed by atoms with Crippen molar-refractivity contribution in [2.75, 3.05) is 18.9 Å². The van der Waals surface area contributed by atoms with Crippen molar-refractivity contribution in [2.24, 2.45) is 0 Å². The molecule has 130 valence electrons. The zero-order valence-corrected chi connectivity index (χ0v) is 14.5. The van der Waals surface area contributed by atoms with E-state index in [0.717, 1.165) is 11.3 Å². The number of hydrogen-bond donors (Lipinski definition) is 1. The number of nitrogens with zero attached hydrogens (tertiary/aromatic N) is 4. The Balaban J connectivity index is 1.53. The molecule has 0 saturated heterocycles. The molecule has 1 N–H and O–H groups in total. The number of carbonyl (C=O) groups is 1. The summed E-state index contributed by atoms with van der Waals surface area (Å²) in [5, 5.41) is 16.0. The van der Waals surface area contributed by atoms with Crippen molar-refractivity contribution in [3.05, 3.63) is 78.1 Å². The Morgan fingerprint density at radius 1 is 1.19 bits per heavy atom. The van der Waals surface area contributed by atoms with Gasteiger partial charge in [-0.15, -0.1) is 0 Å². The molecule has 0 saturated carbocycles. The van der Waals surface area contributed by atoms with E-state index in [1.165, 1.54) is 0 Å². The second kappa shape index (κ2) is 8.10. The minimum atomic E-state index is -0.104. The van der Waals surface area contributed by atoms with Gasteiger partial charge in [-0.3, -0.25) is 9.69 Å². The first-order valence-electron chi connectivity index (χ1n) is 8.21. The maximum absolute atomic E-state index is 12.2. The average Bonchev–Trinajstić information content (AvgIpc) is 3.11. The molecule has 1 amide bonds. The van der Waals surface area contributed by atoms with E-state index in [1.807, 2.05) is 59.4 Å². The fourth-order valence-corrected chi connectivity index (χ4v) is 2.61. The van der Waals surface area contributed by atoms with E-state index in [0.29, 0.717) is 17.8 Å². The molecule has 2 aromatic carbocycles. The van der Waals surface area contributed by atoms with Crippen LogP contribution in [0.15, 0.2) is 67.0 Å². The van der Waals surface area contributed by atoms with Gasteiger partial charge in [-0.25, -0.2) is 4.68 Å². The third-order valence-electron chi connectivity index (χ3n) is 3.82. The standard InChI is InChI=1S/C20H19N5O/c1-24(15-20(26)23-18-9-7-16(11-21)8-10-18)13-17-12-22-25(14-17)19-5-3-2-4-6-19/h2-10,12,14H,13,15H2,1H3,(H,23,26). The van der Waals surface area contributed by atoms with Gasteiger partial charge in [0.15, 0.2) is 0 Å². The van der Waals surface area contributed by atoms with E-state index < -0.39 is 0 Å². The second-order valence-electron chi connectivity index (χ2n) is 6.04. The van der Waals surface area contributed by atoms with Crippen LogP contribution in [0, 0.1) is 11.3 Å². The fraction of sp³-hybridized carbons (Fsp3) is 0.150. The second-order valence-corrected chi connectivity index (χ2v) is 6.04. The first kappa shape index (κ1) is 17.4. The van der Waals surface area contributed by atoms with Gasteiger partial charge in [-0.1, -0.05) is 18.2 Å². The number of amides is 1. The molecule has 0 fully saturated rings. The number of nitrogens with one attached hydrogen (secondary N) is 1. The Kier molecular flexibility index (Phi) is 5.42. The van der Waals surface area contributed by atoms with Gasteiger partial charge in [0, 0.05) is 24.0 Å². The van der Waals surface area contributed by atoms with Crippen LogP contribution in [0.4, 0.5) is 5.69 Å². The summed E-state index contributed by atoms with van der Waals surface area (Å²) in [4.78, 5) is 14.1. The molecule has 6 nitrogen and oxygen atoms in total. The van der Waals surface area contributed by atoms with Crippen LogP contribution in [0.1, 0.15) is 11.1 Å². The predicted octanol–water partition coefficient (Wildman–Crippen LogP) is 2.81. The predicted molar refractivity (Wildman–Crippen MR) is 99.7 cm³/mol. The molecule has 3 rings (SSSR count). The summed E-state index contributed by atoms with van der Waals surface area (Å²) in [6.07, 6.45) is 3.77. The van der Waals surface area contributed by atoms with Gasteiger partial charge >= 0.3 is 0 Å². The number of likely N-dealkylation sites (N-methyl/N-ethyl adjacent to an activating group) is 1. The first-order valence-corrected chi connectivity index (χ1v) is 8.21. The van der Waals surface area contributed by atoms with Crippen LogP contribution < -0.4 is 5.32 Å². The fourth-order valence-electron chi connectivity index (χ4n) is 2.61. The summed E-state index contributed by atoms with van der Waals surface area (Å²) in [6, 6.07) is 18.7. The molecule has 1 aromatic heterocycles. The zero-order chi connectivity index (χ0) is 18.4. The first-order chi connectivity index (χ1) is 12.6. The molecule has 26 heavy (non-hydrogen) atoms. The number of benzene rings is 2. The Morgan fingerprint density at radius 2 is 1.92 bits per heavy atom. The molecule has 0 bridgehead atoms. The topological polar surface area (TPSA) is 74.0 Å². The third-order valence-corrected chi connectivity index (χ3v) is 3.82. The van der Waals surface area contributed by atoms with E-state index in [1.54, 1.807) is 24.3 Å². The number of rotatable bonds is 6. The van der Waals surface area contributed by atoms with Crippen LogP contribution in [0.2, 0.25) is 0 Å². The van der Waals surface area contributed by atoms with Crippen LogP contribution in [-0.2, 0) is 11.3 Å². The highest BCUT2D eigenvalue weighted by atomic mass is 16.2. The molecule has 0 aliphatic heterocycles. The smallest absolute Gasteiger partial charge is 0.238 e. The molecule has 0 unspecified atom stereocenters. The maximum atomic E-state index is 12.2. The summed E-state index contributed by atoms with van der Waals surface area (Å²) < 4.78 is 1.82. The largest absolute Gasteiger partial charge is 0.325 e. The van der Waals surface area contributed by atoms with Gasteiger partial charge in [0.05, 0.1) is 30.1 Å². The molecular formula is C20H19N5O. The number of anilines is 1. The van der Waals surface area contributed by atoms with Gasteiger partial charge in [0.1, 0.15) is 0 Å². The Hall–Kier alpha value is -3.43.